The topological polar surface area (TPSA) is 46.1 Å². The van der Waals surface area contributed by atoms with E-state index in [0.29, 0.717) is 9.93 Å². The van der Waals surface area contributed by atoms with Gasteiger partial charge in [-0.3, -0.25) is 9.69 Å². The number of carbonyl (C=O) groups excluding carboxylic acids is 1. The van der Waals surface area contributed by atoms with Crippen molar-refractivity contribution in [1.82, 2.24) is 9.97 Å². The molecule has 23 heavy (non-hydrogen) atoms. The van der Waals surface area contributed by atoms with E-state index in [4.69, 9.17) is 0 Å². The summed E-state index contributed by atoms with van der Waals surface area (Å²) >= 11 is 1.41. The lowest BCUT2D eigenvalue weighted by Gasteiger charge is -2.23. The van der Waals surface area contributed by atoms with Gasteiger partial charge >= 0.3 is 6.18 Å². The lowest BCUT2D eigenvalue weighted by Crippen LogP contribution is -2.39. The largest absolute Gasteiger partial charge is 0.406 e. The molecule has 4 nitrogen and oxygen atoms in total. The quantitative estimate of drug-likeness (QED) is 0.776. The Morgan fingerprint density at radius 1 is 1.22 bits per heavy atom. The smallest absolute Gasteiger partial charge is 0.283 e. The van der Waals surface area contributed by atoms with Crippen LogP contribution in [0.5, 0.6) is 0 Å². The Bertz CT molecular complexity index is 665. The fourth-order valence-corrected chi connectivity index (χ4v) is 2.52. The summed E-state index contributed by atoms with van der Waals surface area (Å²) in [5, 5.41) is 0.589. The fraction of sp³-hybridized carbons (Fsp3) is 0.267. The molecule has 2 rings (SSSR count). The van der Waals surface area contributed by atoms with Crippen molar-refractivity contribution >= 4 is 23.5 Å². The summed E-state index contributed by atoms with van der Waals surface area (Å²) in [4.78, 5) is 21.1. The van der Waals surface area contributed by atoms with Crippen molar-refractivity contribution in [3.05, 3.63) is 48.3 Å². The number of hydrogen-bond acceptors (Lipinski definition) is 4. The minimum atomic E-state index is -4.53. The summed E-state index contributed by atoms with van der Waals surface area (Å²) in [5.41, 5.74) is 0.144. The van der Waals surface area contributed by atoms with E-state index in [1.54, 1.807) is 6.07 Å². The number of rotatable bonds is 5. The number of carbonyl (C=O) groups is 1. The van der Waals surface area contributed by atoms with Crippen molar-refractivity contribution in [2.75, 3.05) is 17.2 Å². The van der Waals surface area contributed by atoms with Crippen molar-refractivity contribution in [2.45, 2.75) is 18.1 Å². The fourth-order valence-electron chi connectivity index (χ4n) is 1.87. The molecule has 0 unspecified atom stereocenters. The number of aromatic nitrogens is 2. The molecule has 2 aromatic heterocycles. The number of hydrogen-bond donors (Lipinski definition) is 0. The Hall–Kier alpha value is -2.09. The van der Waals surface area contributed by atoms with E-state index >= 15 is 0 Å². The molecule has 0 spiro atoms. The second-order valence-corrected chi connectivity index (χ2v) is 5.79. The number of alkyl halides is 3. The van der Waals surface area contributed by atoms with Gasteiger partial charge in [0.05, 0.1) is 5.03 Å². The zero-order chi connectivity index (χ0) is 16.9. The van der Waals surface area contributed by atoms with E-state index in [0.717, 1.165) is 5.75 Å². The van der Waals surface area contributed by atoms with Crippen LogP contribution in [0.4, 0.5) is 19.0 Å². The first-order chi connectivity index (χ1) is 10.9. The Morgan fingerprint density at radius 3 is 2.61 bits per heavy atom. The average molecular weight is 341 g/mol. The van der Waals surface area contributed by atoms with Crippen LogP contribution in [-0.2, 0) is 0 Å². The van der Waals surface area contributed by atoms with Crippen LogP contribution >= 0.6 is 11.8 Å². The molecule has 0 aliphatic carbocycles. The molecular weight excluding hydrogens is 327 g/mol. The second kappa shape index (κ2) is 7.45. The second-order valence-electron chi connectivity index (χ2n) is 4.51. The van der Waals surface area contributed by atoms with Gasteiger partial charge in [-0.15, -0.1) is 11.8 Å². The molecule has 0 aliphatic rings. The first kappa shape index (κ1) is 17.3. The van der Waals surface area contributed by atoms with Crippen molar-refractivity contribution in [3.8, 4) is 0 Å². The third-order valence-electron chi connectivity index (χ3n) is 2.78. The van der Waals surface area contributed by atoms with E-state index < -0.39 is 18.6 Å². The minimum Gasteiger partial charge on any atom is -0.283 e. The van der Waals surface area contributed by atoms with Crippen LogP contribution in [0.1, 0.15) is 17.3 Å². The molecule has 0 aliphatic heterocycles. The van der Waals surface area contributed by atoms with Crippen LogP contribution in [0.25, 0.3) is 0 Å². The third kappa shape index (κ3) is 4.95. The van der Waals surface area contributed by atoms with Crippen LogP contribution in [0.15, 0.2) is 47.8 Å². The van der Waals surface area contributed by atoms with Crippen LogP contribution in [-0.4, -0.2) is 34.3 Å². The minimum absolute atomic E-state index is 0.0451. The number of pyridine rings is 2. The van der Waals surface area contributed by atoms with Crippen LogP contribution in [0, 0.1) is 0 Å². The van der Waals surface area contributed by atoms with E-state index in [-0.39, 0.29) is 11.4 Å². The van der Waals surface area contributed by atoms with Crippen molar-refractivity contribution < 1.29 is 18.0 Å². The lowest BCUT2D eigenvalue weighted by molar-refractivity contribution is -0.118. The number of amides is 1. The van der Waals surface area contributed by atoms with Crippen molar-refractivity contribution in [3.63, 3.8) is 0 Å². The Labute approximate surface area is 135 Å². The summed E-state index contributed by atoms with van der Waals surface area (Å²) in [6, 6.07) is 7.36. The van der Waals surface area contributed by atoms with Gasteiger partial charge in [-0.2, -0.15) is 13.2 Å². The Morgan fingerprint density at radius 2 is 2.00 bits per heavy atom. The summed E-state index contributed by atoms with van der Waals surface area (Å²) < 4.78 is 38.5. The number of halogens is 3. The van der Waals surface area contributed by atoms with Gasteiger partial charge in [0.1, 0.15) is 12.4 Å². The average Bonchev–Trinajstić information content (AvgIpc) is 2.53. The predicted molar refractivity (Wildman–Crippen MR) is 82.6 cm³/mol. The van der Waals surface area contributed by atoms with Gasteiger partial charge in [-0.25, -0.2) is 9.97 Å². The first-order valence-corrected chi connectivity index (χ1v) is 7.78. The Balaban J connectivity index is 2.35. The van der Waals surface area contributed by atoms with Gasteiger partial charge in [0, 0.05) is 18.0 Å². The number of thioether (sulfide) groups is 1. The molecule has 0 radical (unpaired) electrons. The van der Waals surface area contributed by atoms with E-state index in [1.165, 1.54) is 48.4 Å². The molecular formula is C15H14F3N3OS. The summed E-state index contributed by atoms with van der Waals surface area (Å²) in [5.74, 6) is -0.0605. The van der Waals surface area contributed by atoms with Crippen LogP contribution in [0.3, 0.4) is 0 Å². The molecule has 0 N–H and O–H groups in total. The predicted octanol–water partition coefficient (Wildman–Crippen LogP) is 3.80. The molecule has 1 amide bonds. The third-order valence-corrected chi connectivity index (χ3v) is 3.59. The Kier molecular flexibility index (Phi) is 5.59. The normalized spacial score (nSPS) is 11.3. The number of anilines is 1. The van der Waals surface area contributed by atoms with Gasteiger partial charge in [0.2, 0.25) is 0 Å². The highest BCUT2D eigenvalue weighted by atomic mass is 32.2. The summed E-state index contributed by atoms with van der Waals surface area (Å²) in [7, 11) is 0. The zero-order valence-corrected chi connectivity index (χ0v) is 13.1. The summed E-state index contributed by atoms with van der Waals surface area (Å²) in [6.07, 6.45) is -1.77. The highest BCUT2D eigenvalue weighted by molar-refractivity contribution is 7.99. The maximum Gasteiger partial charge on any atom is 0.406 e. The van der Waals surface area contributed by atoms with Crippen molar-refractivity contribution in [1.29, 1.82) is 0 Å². The molecule has 122 valence electrons. The SMILES string of the molecule is CCSc1cc(C(=O)N(CC(F)(F)F)c2ccccn2)ccn1. The van der Waals surface area contributed by atoms with Gasteiger partial charge < -0.3 is 0 Å². The molecule has 2 aromatic rings. The van der Waals surface area contributed by atoms with E-state index in [2.05, 4.69) is 9.97 Å². The highest BCUT2D eigenvalue weighted by Gasteiger charge is 2.34. The molecule has 8 heteroatoms. The molecule has 0 bridgehead atoms. The van der Waals surface area contributed by atoms with Crippen LogP contribution < -0.4 is 4.90 Å². The molecule has 0 aromatic carbocycles. The van der Waals surface area contributed by atoms with E-state index in [1.807, 2.05) is 6.92 Å². The maximum atomic E-state index is 12.8. The molecule has 0 fully saturated rings. The first-order valence-electron chi connectivity index (χ1n) is 6.79. The van der Waals surface area contributed by atoms with Crippen LogP contribution in [0.2, 0.25) is 0 Å². The highest BCUT2D eigenvalue weighted by Crippen LogP contribution is 2.23. The van der Waals surface area contributed by atoms with Gasteiger partial charge in [0.25, 0.3) is 5.91 Å². The molecule has 0 atom stereocenters. The maximum absolute atomic E-state index is 12.8. The van der Waals surface area contributed by atoms with Crippen molar-refractivity contribution in [2.24, 2.45) is 0 Å². The lowest BCUT2D eigenvalue weighted by atomic mass is 10.2. The standard InChI is InChI=1S/C15H14F3N3OS/c1-2-23-13-9-11(6-8-20-13)14(22)21(10-15(16,17)18)12-5-3-4-7-19-12/h3-9H,2,10H2,1H3. The number of nitrogens with zero attached hydrogens (tertiary/aromatic N) is 3. The van der Waals surface area contributed by atoms with Gasteiger partial charge in [-0.1, -0.05) is 13.0 Å². The molecule has 0 saturated carbocycles. The molecule has 0 saturated heterocycles. The monoisotopic (exact) mass is 341 g/mol. The van der Waals surface area contributed by atoms with E-state index in [9.17, 15) is 18.0 Å². The molecule has 2 heterocycles. The zero-order valence-electron chi connectivity index (χ0n) is 12.2. The summed E-state index contributed by atoms with van der Waals surface area (Å²) in [6.45, 7) is 0.520. The van der Waals surface area contributed by atoms with Gasteiger partial charge in [-0.05, 0) is 30.0 Å². The van der Waals surface area contributed by atoms with Gasteiger partial charge in [0.15, 0.2) is 0 Å².